The Bertz CT molecular complexity index is 450. The molecule has 15 heavy (non-hydrogen) atoms. The molecule has 0 radical (unpaired) electrons. The monoisotopic (exact) mass is 232 g/mol. The Balaban J connectivity index is 3.37. The lowest BCUT2D eigenvalue weighted by atomic mass is 10.1. The summed E-state index contributed by atoms with van der Waals surface area (Å²) in [6.45, 7) is 0. The van der Waals surface area contributed by atoms with Crippen LogP contribution in [0, 0.1) is 11.3 Å². The Morgan fingerprint density at radius 2 is 2.27 bits per heavy atom. The molecule has 0 aliphatic heterocycles. The molecule has 0 atom stereocenters. The number of hydrogen-bond donors (Lipinski definition) is 1. The molecule has 0 saturated carbocycles. The number of hydrogen-bond acceptors (Lipinski definition) is 2. The summed E-state index contributed by atoms with van der Waals surface area (Å²) >= 11 is 5.42. The molecule has 1 N–H and O–H groups in total. The van der Waals surface area contributed by atoms with Gasteiger partial charge in [0, 0.05) is 16.8 Å². The maximum absolute atomic E-state index is 12.5. The predicted molar refractivity (Wildman–Crippen MR) is 50.9 cm³/mol. The van der Waals surface area contributed by atoms with Crippen LogP contribution in [-0.4, -0.2) is 4.98 Å². The van der Waals surface area contributed by atoms with E-state index in [1.54, 1.807) is 6.07 Å². The first-order valence-corrected chi connectivity index (χ1v) is 4.59. The van der Waals surface area contributed by atoms with Crippen LogP contribution in [0.5, 0.6) is 0 Å². The number of nitrogens with one attached hydrogen (secondary N) is 1. The molecule has 1 aromatic rings. The molecule has 0 spiro atoms. The molecular weight excluding hydrogens is 226 g/mol. The van der Waals surface area contributed by atoms with Crippen molar-refractivity contribution in [2.75, 3.05) is 0 Å². The van der Waals surface area contributed by atoms with Crippen LogP contribution in [0.2, 0.25) is 0 Å². The first kappa shape index (κ1) is 11.7. The van der Waals surface area contributed by atoms with E-state index in [1.807, 2.05) is 0 Å². The number of halogens is 3. The van der Waals surface area contributed by atoms with Crippen LogP contribution >= 0.6 is 11.6 Å². The molecular formula is C9H7ClF2N2O. The first-order chi connectivity index (χ1) is 7.10. The van der Waals surface area contributed by atoms with Gasteiger partial charge in [-0.2, -0.15) is 5.26 Å². The van der Waals surface area contributed by atoms with Gasteiger partial charge < -0.3 is 4.98 Å². The Labute approximate surface area is 89.3 Å². The zero-order chi connectivity index (χ0) is 11.4. The van der Waals surface area contributed by atoms with Gasteiger partial charge in [0.05, 0.1) is 18.4 Å². The second-order valence-corrected chi connectivity index (χ2v) is 3.09. The maximum Gasteiger partial charge on any atom is 0.264 e. The van der Waals surface area contributed by atoms with E-state index >= 15 is 0 Å². The van der Waals surface area contributed by atoms with Crippen molar-refractivity contribution in [1.82, 2.24) is 4.98 Å². The maximum atomic E-state index is 12.5. The third kappa shape index (κ3) is 2.54. The Hall–Kier alpha value is -1.41. The normalized spacial score (nSPS) is 10.3. The molecule has 0 aliphatic carbocycles. The average molecular weight is 233 g/mol. The number of rotatable bonds is 3. The van der Waals surface area contributed by atoms with Gasteiger partial charge in [0.1, 0.15) is 0 Å². The van der Waals surface area contributed by atoms with Crippen molar-refractivity contribution in [2.24, 2.45) is 0 Å². The molecule has 6 heteroatoms. The molecule has 3 nitrogen and oxygen atoms in total. The zero-order valence-electron chi connectivity index (χ0n) is 7.56. The van der Waals surface area contributed by atoms with E-state index in [4.69, 9.17) is 16.9 Å². The molecule has 80 valence electrons. The zero-order valence-corrected chi connectivity index (χ0v) is 8.31. The number of alkyl halides is 3. The Morgan fingerprint density at radius 1 is 1.60 bits per heavy atom. The molecule has 0 saturated heterocycles. The van der Waals surface area contributed by atoms with Crippen LogP contribution in [0.3, 0.4) is 0 Å². The van der Waals surface area contributed by atoms with Crippen molar-refractivity contribution in [3.63, 3.8) is 0 Å². The van der Waals surface area contributed by atoms with Crippen molar-refractivity contribution in [3.8, 4) is 6.07 Å². The fourth-order valence-corrected chi connectivity index (χ4v) is 1.34. The summed E-state index contributed by atoms with van der Waals surface area (Å²) in [7, 11) is 0. The lowest BCUT2D eigenvalue weighted by molar-refractivity contribution is 0.150. The van der Waals surface area contributed by atoms with Crippen molar-refractivity contribution in [2.45, 2.75) is 18.7 Å². The van der Waals surface area contributed by atoms with Crippen LogP contribution in [0.25, 0.3) is 0 Å². The quantitative estimate of drug-likeness (QED) is 0.812. The standard InChI is InChI=1S/C9H7ClF2N2O/c10-4-5-3-7(8(11)12)6(1-2-13)9(15)14-5/h3,8H,1,4H2,(H,14,15). The molecule has 1 aromatic heterocycles. The number of aromatic amines is 1. The fraction of sp³-hybridized carbons (Fsp3) is 0.333. The van der Waals surface area contributed by atoms with Crippen molar-refractivity contribution >= 4 is 11.6 Å². The second-order valence-electron chi connectivity index (χ2n) is 2.83. The van der Waals surface area contributed by atoms with Crippen molar-refractivity contribution < 1.29 is 8.78 Å². The minimum absolute atomic E-state index is 0.0538. The fourth-order valence-electron chi connectivity index (χ4n) is 1.19. The molecule has 0 fully saturated rings. The molecule has 0 amide bonds. The molecule has 1 heterocycles. The summed E-state index contributed by atoms with van der Waals surface area (Å²) in [6, 6.07) is 2.79. The predicted octanol–water partition coefficient (Wildman–Crippen LogP) is 2.12. The number of aromatic nitrogens is 1. The summed E-state index contributed by atoms with van der Waals surface area (Å²) < 4.78 is 25.1. The van der Waals surface area contributed by atoms with Gasteiger partial charge in [-0.05, 0) is 6.07 Å². The minimum Gasteiger partial charge on any atom is -0.325 e. The number of H-pyrrole nitrogens is 1. The van der Waals surface area contributed by atoms with Gasteiger partial charge in [-0.3, -0.25) is 4.79 Å². The van der Waals surface area contributed by atoms with Gasteiger partial charge >= 0.3 is 0 Å². The number of nitriles is 1. The Morgan fingerprint density at radius 3 is 2.73 bits per heavy atom. The molecule has 1 rings (SSSR count). The minimum atomic E-state index is -2.78. The van der Waals surface area contributed by atoms with Crippen molar-refractivity contribution in [3.05, 3.63) is 33.2 Å². The van der Waals surface area contributed by atoms with E-state index in [2.05, 4.69) is 4.98 Å². The van der Waals surface area contributed by atoms with Crippen LogP contribution < -0.4 is 5.56 Å². The molecule has 0 bridgehead atoms. The van der Waals surface area contributed by atoms with Gasteiger partial charge in [-0.25, -0.2) is 8.78 Å². The van der Waals surface area contributed by atoms with E-state index < -0.39 is 17.5 Å². The summed E-state index contributed by atoms with van der Waals surface area (Å²) in [5, 5.41) is 8.40. The number of pyridine rings is 1. The molecule has 0 unspecified atom stereocenters. The SMILES string of the molecule is N#CCc1c(C(F)F)cc(CCl)[nH]c1=O. The van der Waals surface area contributed by atoms with Gasteiger partial charge in [-0.15, -0.1) is 11.6 Å². The Kier molecular flexibility index (Phi) is 3.81. The average Bonchev–Trinajstić information content (AvgIpc) is 2.20. The molecule has 0 aromatic carbocycles. The highest BCUT2D eigenvalue weighted by Gasteiger charge is 2.16. The van der Waals surface area contributed by atoms with E-state index in [0.717, 1.165) is 6.07 Å². The van der Waals surface area contributed by atoms with Crippen LogP contribution in [0.15, 0.2) is 10.9 Å². The number of nitrogens with zero attached hydrogens (tertiary/aromatic N) is 1. The van der Waals surface area contributed by atoms with Crippen LogP contribution in [0.1, 0.15) is 23.2 Å². The summed E-state index contributed by atoms with van der Waals surface area (Å²) in [5.41, 5.74) is -1.07. The van der Waals surface area contributed by atoms with E-state index in [-0.39, 0.29) is 23.6 Å². The van der Waals surface area contributed by atoms with Gasteiger partial charge in [0.2, 0.25) is 0 Å². The highest BCUT2D eigenvalue weighted by molar-refractivity contribution is 6.16. The summed E-state index contributed by atoms with van der Waals surface area (Å²) in [6.07, 6.45) is -3.12. The second kappa shape index (κ2) is 4.89. The first-order valence-electron chi connectivity index (χ1n) is 4.06. The third-order valence-corrected chi connectivity index (χ3v) is 2.15. The highest BCUT2D eigenvalue weighted by Crippen LogP contribution is 2.21. The van der Waals surface area contributed by atoms with Crippen LogP contribution in [0.4, 0.5) is 8.78 Å². The van der Waals surface area contributed by atoms with E-state index in [0.29, 0.717) is 0 Å². The third-order valence-electron chi connectivity index (χ3n) is 1.86. The largest absolute Gasteiger partial charge is 0.325 e. The van der Waals surface area contributed by atoms with Crippen LogP contribution in [-0.2, 0) is 12.3 Å². The lowest BCUT2D eigenvalue weighted by Gasteiger charge is -2.06. The van der Waals surface area contributed by atoms with Gasteiger partial charge in [0.15, 0.2) is 0 Å². The lowest BCUT2D eigenvalue weighted by Crippen LogP contribution is -2.17. The summed E-state index contributed by atoms with van der Waals surface area (Å²) in [5.74, 6) is -0.0538. The van der Waals surface area contributed by atoms with Crippen molar-refractivity contribution in [1.29, 1.82) is 5.26 Å². The van der Waals surface area contributed by atoms with E-state index in [9.17, 15) is 13.6 Å². The molecule has 0 aliphatic rings. The van der Waals surface area contributed by atoms with Gasteiger partial charge in [0.25, 0.3) is 12.0 Å². The van der Waals surface area contributed by atoms with Gasteiger partial charge in [-0.1, -0.05) is 0 Å². The summed E-state index contributed by atoms with van der Waals surface area (Å²) in [4.78, 5) is 13.6. The topological polar surface area (TPSA) is 56.6 Å². The van der Waals surface area contributed by atoms with E-state index in [1.165, 1.54) is 0 Å². The highest BCUT2D eigenvalue weighted by atomic mass is 35.5. The smallest absolute Gasteiger partial charge is 0.264 e.